The van der Waals surface area contributed by atoms with Gasteiger partial charge in [0.05, 0.1) is 22.5 Å². The average molecular weight is 514 g/mol. The molecule has 9 heteroatoms. The molecule has 186 valence electrons. The number of likely N-dealkylation sites (N-methyl/N-ethyl adjacent to an activating group) is 1. The molecule has 0 radical (unpaired) electrons. The van der Waals surface area contributed by atoms with Gasteiger partial charge in [-0.15, -0.1) is 0 Å². The number of rotatable bonds is 4. The highest BCUT2D eigenvalue weighted by Gasteiger charge is 2.19. The van der Waals surface area contributed by atoms with E-state index in [0.29, 0.717) is 33.1 Å². The van der Waals surface area contributed by atoms with E-state index in [9.17, 15) is 4.39 Å². The Bertz CT molecular complexity index is 1610. The third-order valence-corrected chi connectivity index (χ3v) is 7.14. The van der Waals surface area contributed by atoms with E-state index >= 15 is 0 Å². The normalized spacial score (nSPS) is 14.4. The summed E-state index contributed by atoms with van der Waals surface area (Å²) in [5.74, 6) is 0.00920. The van der Waals surface area contributed by atoms with Gasteiger partial charge in [-0.1, -0.05) is 17.7 Å². The van der Waals surface area contributed by atoms with Crippen molar-refractivity contribution < 1.29 is 4.39 Å². The van der Waals surface area contributed by atoms with Crippen molar-refractivity contribution in [3.63, 3.8) is 0 Å². The SMILES string of the molecule is Cc1cc(Nc2ncc3nc(-c4c(F)cccc4Cl)c4ccncc4c3n2)ccc1N1CCN(C)CC1. The molecule has 0 aliphatic carbocycles. The molecule has 0 unspecified atom stereocenters. The lowest BCUT2D eigenvalue weighted by atomic mass is 10.0. The highest BCUT2D eigenvalue weighted by Crippen LogP contribution is 2.36. The van der Waals surface area contributed by atoms with Gasteiger partial charge < -0.3 is 15.1 Å². The van der Waals surface area contributed by atoms with Gasteiger partial charge in [0.2, 0.25) is 5.95 Å². The summed E-state index contributed by atoms with van der Waals surface area (Å²) >= 11 is 6.37. The van der Waals surface area contributed by atoms with Gasteiger partial charge in [0.15, 0.2) is 0 Å². The van der Waals surface area contributed by atoms with E-state index in [1.165, 1.54) is 17.3 Å². The Kier molecular flexibility index (Phi) is 6.06. The first kappa shape index (κ1) is 23.5. The van der Waals surface area contributed by atoms with Crippen molar-refractivity contribution in [3.8, 4) is 11.3 Å². The first-order chi connectivity index (χ1) is 18.0. The lowest BCUT2D eigenvalue weighted by molar-refractivity contribution is 0.312. The number of halogens is 2. The number of nitrogens with zero attached hydrogens (tertiary/aromatic N) is 6. The van der Waals surface area contributed by atoms with E-state index < -0.39 is 5.82 Å². The Hall–Kier alpha value is -3.88. The second kappa shape index (κ2) is 9.53. The molecule has 1 fully saturated rings. The second-order valence-corrected chi connectivity index (χ2v) is 9.73. The average Bonchev–Trinajstić information content (AvgIpc) is 2.90. The van der Waals surface area contributed by atoms with E-state index in [1.807, 2.05) is 0 Å². The monoisotopic (exact) mass is 513 g/mol. The van der Waals surface area contributed by atoms with Gasteiger partial charge in [0.25, 0.3) is 0 Å². The number of aryl methyl sites for hydroxylation is 1. The van der Waals surface area contributed by atoms with Gasteiger partial charge in [0, 0.05) is 60.7 Å². The summed E-state index contributed by atoms with van der Waals surface area (Å²) in [6, 6.07) is 12.7. The van der Waals surface area contributed by atoms with Crippen LogP contribution in [0.25, 0.3) is 33.1 Å². The van der Waals surface area contributed by atoms with Gasteiger partial charge in [-0.2, -0.15) is 0 Å². The predicted octanol–water partition coefficient (Wildman–Crippen LogP) is 5.84. The van der Waals surface area contributed by atoms with Gasteiger partial charge >= 0.3 is 0 Å². The van der Waals surface area contributed by atoms with Gasteiger partial charge in [0.1, 0.15) is 16.9 Å². The summed E-state index contributed by atoms with van der Waals surface area (Å²) in [7, 11) is 2.16. The molecule has 3 aromatic heterocycles. The number of benzene rings is 2. The zero-order valence-corrected chi connectivity index (χ0v) is 21.3. The van der Waals surface area contributed by atoms with Gasteiger partial charge in [-0.3, -0.25) is 4.98 Å². The Morgan fingerprint density at radius 3 is 2.59 bits per heavy atom. The minimum absolute atomic E-state index is 0.250. The summed E-state index contributed by atoms with van der Waals surface area (Å²) in [4.78, 5) is 23.0. The van der Waals surface area contributed by atoms with Crippen molar-refractivity contribution in [2.45, 2.75) is 6.92 Å². The molecule has 0 atom stereocenters. The first-order valence-corrected chi connectivity index (χ1v) is 12.5. The number of fused-ring (bicyclic) bond motifs is 3. The van der Waals surface area contributed by atoms with E-state index in [1.54, 1.807) is 36.8 Å². The van der Waals surface area contributed by atoms with Crippen molar-refractivity contribution in [3.05, 3.63) is 77.5 Å². The van der Waals surface area contributed by atoms with Crippen LogP contribution in [-0.2, 0) is 0 Å². The quantitative estimate of drug-likeness (QED) is 0.303. The molecule has 6 rings (SSSR count). The molecule has 0 bridgehead atoms. The highest BCUT2D eigenvalue weighted by atomic mass is 35.5. The van der Waals surface area contributed by atoms with Crippen molar-refractivity contribution in [1.29, 1.82) is 0 Å². The summed E-state index contributed by atoms with van der Waals surface area (Å²) in [6.07, 6.45) is 5.00. The van der Waals surface area contributed by atoms with Gasteiger partial charge in [-0.05, 0) is 55.9 Å². The van der Waals surface area contributed by atoms with E-state index in [-0.39, 0.29) is 5.56 Å². The molecule has 37 heavy (non-hydrogen) atoms. The van der Waals surface area contributed by atoms with Crippen LogP contribution in [0.5, 0.6) is 0 Å². The number of pyridine rings is 2. The summed E-state index contributed by atoms with van der Waals surface area (Å²) < 4.78 is 14.8. The van der Waals surface area contributed by atoms with Crippen molar-refractivity contribution >= 4 is 50.7 Å². The number of aromatic nitrogens is 4. The van der Waals surface area contributed by atoms with E-state index in [4.69, 9.17) is 21.6 Å². The fraction of sp³-hybridized carbons (Fsp3) is 0.214. The number of piperazine rings is 1. The smallest absolute Gasteiger partial charge is 0.227 e. The molecule has 0 saturated carbocycles. The Balaban J connectivity index is 1.37. The van der Waals surface area contributed by atoms with Crippen LogP contribution in [0.4, 0.5) is 21.7 Å². The predicted molar refractivity (Wildman–Crippen MR) is 147 cm³/mol. The summed E-state index contributed by atoms with van der Waals surface area (Å²) in [5, 5.41) is 5.07. The maximum Gasteiger partial charge on any atom is 0.227 e. The molecule has 4 heterocycles. The lowest BCUT2D eigenvalue weighted by Gasteiger charge is -2.35. The molecular formula is C28H25ClFN7. The minimum atomic E-state index is -0.438. The zero-order chi connectivity index (χ0) is 25.5. The van der Waals surface area contributed by atoms with Crippen LogP contribution < -0.4 is 10.2 Å². The van der Waals surface area contributed by atoms with Crippen LogP contribution in [0.3, 0.4) is 0 Å². The standard InChI is InChI=1S/C28H25ClFN7/c1-17-14-18(6-7-24(17)37-12-10-36(2)11-13-37)33-28-32-16-23-26(35-28)20-15-31-9-8-19(20)27(34-23)25-21(29)4-3-5-22(25)30/h3-9,14-16H,10-13H2,1-2H3,(H,32,33,35). The number of hydrogen-bond acceptors (Lipinski definition) is 7. The molecular weight excluding hydrogens is 489 g/mol. The van der Waals surface area contributed by atoms with E-state index in [0.717, 1.165) is 37.3 Å². The zero-order valence-electron chi connectivity index (χ0n) is 20.5. The molecule has 1 aliphatic rings. The van der Waals surface area contributed by atoms with E-state index in [2.05, 4.69) is 57.3 Å². The minimum Gasteiger partial charge on any atom is -0.369 e. The van der Waals surface area contributed by atoms with Crippen LogP contribution >= 0.6 is 11.6 Å². The molecule has 7 nitrogen and oxygen atoms in total. The van der Waals surface area contributed by atoms with Crippen LogP contribution in [0.2, 0.25) is 5.02 Å². The molecule has 0 spiro atoms. The first-order valence-electron chi connectivity index (χ1n) is 12.1. The molecule has 1 N–H and O–H groups in total. The molecule has 1 saturated heterocycles. The second-order valence-electron chi connectivity index (χ2n) is 9.32. The Morgan fingerprint density at radius 2 is 1.81 bits per heavy atom. The number of nitrogens with one attached hydrogen (secondary N) is 1. The summed E-state index contributed by atoms with van der Waals surface area (Å²) in [6.45, 7) is 6.29. The summed E-state index contributed by atoms with van der Waals surface area (Å²) in [5.41, 5.74) is 5.19. The van der Waals surface area contributed by atoms with Crippen LogP contribution in [-0.4, -0.2) is 58.1 Å². The van der Waals surface area contributed by atoms with Crippen LogP contribution in [0.1, 0.15) is 5.56 Å². The lowest BCUT2D eigenvalue weighted by Crippen LogP contribution is -2.44. The molecule has 5 aromatic rings. The topological polar surface area (TPSA) is 70.1 Å². The van der Waals surface area contributed by atoms with Crippen molar-refractivity contribution in [2.24, 2.45) is 0 Å². The maximum atomic E-state index is 14.8. The third-order valence-electron chi connectivity index (χ3n) is 6.83. The Labute approximate surface area is 219 Å². The van der Waals surface area contributed by atoms with Crippen LogP contribution in [0, 0.1) is 12.7 Å². The molecule has 1 aliphatic heterocycles. The maximum absolute atomic E-state index is 14.8. The van der Waals surface area contributed by atoms with Crippen molar-refractivity contribution in [1.82, 2.24) is 24.8 Å². The largest absolute Gasteiger partial charge is 0.369 e. The van der Waals surface area contributed by atoms with Crippen molar-refractivity contribution in [2.75, 3.05) is 43.4 Å². The molecule has 2 aromatic carbocycles. The fourth-order valence-corrected chi connectivity index (χ4v) is 5.12. The number of hydrogen-bond donors (Lipinski definition) is 1. The Morgan fingerprint density at radius 1 is 0.973 bits per heavy atom. The fourth-order valence-electron chi connectivity index (χ4n) is 4.87. The third kappa shape index (κ3) is 4.43. The number of anilines is 3. The van der Waals surface area contributed by atoms with Gasteiger partial charge in [-0.25, -0.2) is 19.3 Å². The van der Waals surface area contributed by atoms with Crippen LogP contribution in [0.15, 0.2) is 61.1 Å². The highest BCUT2D eigenvalue weighted by molar-refractivity contribution is 6.33. The molecule has 0 amide bonds.